The van der Waals surface area contributed by atoms with E-state index in [-0.39, 0.29) is 11.3 Å². The van der Waals surface area contributed by atoms with Crippen LogP contribution in [0.25, 0.3) is 11.0 Å². The van der Waals surface area contributed by atoms with Crippen molar-refractivity contribution >= 4 is 22.7 Å². The smallest absolute Gasteiger partial charge is 0.246 e. The molecule has 6 nitrogen and oxygen atoms in total. The Kier molecular flexibility index (Phi) is 5.22. The summed E-state index contributed by atoms with van der Waals surface area (Å²) in [5, 5.41) is 3.08. The van der Waals surface area contributed by atoms with Crippen molar-refractivity contribution in [2.45, 2.75) is 26.2 Å². The largest absolute Gasteiger partial charge is 0.481 e. The van der Waals surface area contributed by atoms with Gasteiger partial charge in [0.1, 0.15) is 11.4 Å². The highest BCUT2D eigenvalue weighted by Gasteiger charge is 2.20. The van der Waals surface area contributed by atoms with Crippen molar-refractivity contribution in [1.29, 1.82) is 0 Å². The molecule has 0 aliphatic heterocycles. The number of rotatable bonds is 5. The Morgan fingerprint density at radius 3 is 2.45 bits per heavy atom. The summed E-state index contributed by atoms with van der Waals surface area (Å²) in [6.45, 7) is 6.29. The third-order valence-electron chi connectivity index (χ3n) is 4.72. The lowest BCUT2D eigenvalue weighted by molar-refractivity contribution is 0.381. The second-order valence-electron chi connectivity index (χ2n) is 8.05. The average molecular weight is 424 g/mol. The number of ether oxygens (including phenoxy) is 2. The normalized spacial score (nSPS) is 11.5. The first-order valence-electron chi connectivity index (χ1n) is 9.69. The number of hydrogen-bond acceptors (Lipinski definition) is 5. The van der Waals surface area contributed by atoms with Crippen molar-refractivity contribution in [3.8, 4) is 17.5 Å². The quantitative estimate of drug-likeness (QED) is 0.406. The number of pyridine rings is 1. The van der Waals surface area contributed by atoms with Gasteiger partial charge in [-0.1, -0.05) is 39.0 Å². The molecule has 31 heavy (non-hydrogen) atoms. The van der Waals surface area contributed by atoms with Gasteiger partial charge in [0.25, 0.3) is 0 Å². The average Bonchev–Trinajstić information content (AvgIpc) is 3.10. The number of benzene rings is 2. The highest BCUT2D eigenvalue weighted by molar-refractivity contribution is 5.79. The van der Waals surface area contributed by atoms with E-state index in [0.29, 0.717) is 34.3 Å². The first kappa shape index (κ1) is 20.6. The molecule has 0 aliphatic rings. The van der Waals surface area contributed by atoms with Crippen molar-refractivity contribution in [2.75, 3.05) is 12.4 Å². The molecule has 0 unspecified atom stereocenters. The van der Waals surface area contributed by atoms with E-state index in [1.165, 1.54) is 7.11 Å². The number of halogens is 2. The van der Waals surface area contributed by atoms with Crippen molar-refractivity contribution < 1.29 is 18.3 Å². The maximum atomic E-state index is 13.5. The number of hydrogen-bond donors (Lipinski definition) is 2. The van der Waals surface area contributed by atoms with Crippen LogP contribution in [0.5, 0.6) is 17.5 Å². The summed E-state index contributed by atoms with van der Waals surface area (Å²) < 4.78 is 38.5. The molecule has 4 rings (SSSR count). The number of para-hydroxylation sites is 1. The fourth-order valence-corrected chi connectivity index (χ4v) is 3.18. The Bertz CT molecular complexity index is 1210. The summed E-state index contributed by atoms with van der Waals surface area (Å²) >= 11 is 0. The summed E-state index contributed by atoms with van der Waals surface area (Å²) in [6, 6.07) is 13.2. The SMILES string of the molecule is COc1ccc(Nc2nc3cc(F)c(F)cc3[nH]2)c(Oc2ccccc2C(C)(C)C)n1. The van der Waals surface area contributed by atoms with Crippen LogP contribution in [0.1, 0.15) is 26.3 Å². The highest BCUT2D eigenvalue weighted by Crippen LogP contribution is 2.37. The number of nitrogens with zero attached hydrogens (tertiary/aromatic N) is 2. The first-order valence-corrected chi connectivity index (χ1v) is 9.69. The van der Waals surface area contributed by atoms with Crippen molar-refractivity contribution in [1.82, 2.24) is 15.0 Å². The molecule has 0 amide bonds. The van der Waals surface area contributed by atoms with Gasteiger partial charge in [0, 0.05) is 23.8 Å². The molecule has 0 radical (unpaired) electrons. The Morgan fingerprint density at radius 1 is 0.968 bits per heavy atom. The Balaban J connectivity index is 1.72. The second kappa shape index (κ2) is 7.86. The van der Waals surface area contributed by atoms with Crippen LogP contribution >= 0.6 is 0 Å². The van der Waals surface area contributed by atoms with E-state index in [0.717, 1.165) is 17.7 Å². The van der Waals surface area contributed by atoms with Gasteiger partial charge in [-0.15, -0.1) is 0 Å². The molecule has 0 atom stereocenters. The van der Waals surface area contributed by atoms with Crippen molar-refractivity contribution in [3.05, 3.63) is 65.7 Å². The number of methoxy groups -OCH3 is 1. The van der Waals surface area contributed by atoms with Crippen LogP contribution in [0.4, 0.5) is 20.4 Å². The second-order valence-corrected chi connectivity index (χ2v) is 8.05. The maximum absolute atomic E-state index is 13.5. The number of H-pyrrole nitrogens is 1. The molecule has 0 aliphatic carbocycles. The standard InChI is InChI=1S/C23H22F2N4O2/c1-23(2,3)13-7-5-6-8-19(13)31-21-16(9-10-20(29-21)30-4)26-22-27-17-11-14(24)15(25)12-18(17)28-22/h5-12H,1-4H3,(H2,26,27,28). The molecule has 2 aromatic heterocycles. The van der Waals surface area contributed by atoms with Gasteiger partial charge < -0.3 is 19.8 Å². The third-order valence-corrected chi connectivity index (χ3v) is 4.72. The van der Waals surface area contributed by atoms with Gasteiger partial charge in [0.05, 0.1) is 18.1 Å². The van der Waals surface area contributed by atoms with Gasteiger partial charge in [-0.05, 0) is 17.5 Å². The van der Waals surface area contributed by atoms with E-state index in [1.54, 1.807) is 12.1 Å². The Morgan fingerprint density at radius 2 is 1.71 bits per heavy atom. The molecule has 0 fully saturated rings. The first-order chi connectivity index (χ1) is 14.7. The van der Waals surface area contributed by atoms with Crippen molar-refractivity contribution in [2.24, 2.45) is 0 Å². The van der Waals surface area contributed by atoms with E-state index in [9.17, 15) is 8.78 Å². The number of fused-ring (bicyclic) bond motifs is 1. The van der Waals surface area contributed by atoms with Gasteiger partial charge in [-0.3, -0.25) is 0 Å². The number of aromatic nitrogens is 3. The summed E-state index contributed by atoms with van der Waals surface area (Å²) in [6.07, 6.45) is 0. The summed E-state index contributed by atoms with van der Waals surface area (Å²) in [7, 11) is 1.52. The fourth-order valence-electron chi connectivity index (χ4n) is 3.18. The zero-order valence-corrected chi connectivity index (χ0v) is 17.6. The summed E-state index contributed by atoms with van der Waals surface area (Å²) in [5.74, 6) is -0.305. The van der Waals surface area contributed by atoms with Crippen molar-refractivity contribution in [3.63, 3.8) is 0 Å². The molecular weight excluding hydrogens is 402 g/mol. The predicted molar refractivity (Wildman–Crippen MR) is 115 cm³/mol. The minimum atomic E-state index is -0.959. The molecule has 0 bridgehead atoms. The van der Waals surface area contributed by atoms with Gasteiger partial charge in [-0.2, -0.15) is 4.98 Å². The summed E-state index contributed by atoms with van der Waals surface area (Å²) in [5.41, 5.74) is 2.03. The van der Waals surface area contributed by atoms with Gasteiger partial charge in [0.15, 0.2) is 11.6 Å². The molecule has 4 aromatic rings. The van der Waals surface area contributed by atoms with Crippen LogP contribution in [0, 0.1) is 11.6 Å². The molecule has 2 aromatic carbocycles. The van der Waals surface area contributed by atoms with Crippen LogP contribution in [0.3, 0.4) is 0 Å². The molecule has 2 heterocycles. The van der Waals surface area contributed by atoms with E-state index >= 15 is 0 Å². The lowest BCUT2D eigenvalue weighted by atomic mass is 9.86. The fraction of sp³-hybridized carbons (Fsp3) is 0.217. The topological polar surface area (TPSA) is 72.1 Å². The van der Waals surface area contributed by atoms with Crippen LogP contribution in [0.15, 0.2) is 48.5 Å². The van der Waals surface area contributed by atoms with E-state index in [1.807, 2.05) is 24.3 Å². The molecular formula is C23H22F2N4O2. The number of imidazole rings is 1. The van der Waals surface area contributed by atoms with Gasteiger partial charge >= 0.3 is 0 Å². The van der Waals surface area contributed by atoms with E-state index in [4.69, 9.17) is 9.47 Å². The number of aromatic amines is 1. The third kappa shape index (κ3) is 4.28. The van der Waals surface area contributed by atoms with Crippen LogP contribution in [-0.4, -0.2) is 22.1 Å². The molecule has 2 N–H and O–H groups in total. The monoisotopic (exact) mass is 424 g/mol. The highest BCUT2D eigenvalue weighted by atomic mass is 19.2. The van der Waals surface area contributed by atoms with Gasteiger partial charge in [-0.25, -0.2) is 13.8 Å². The minimum Gasteiger partial charge on any atom is -0.481 e. The lowest BCUT2D eigenvalue weighted by Gasteiger charge is -2.23. The zero-order chi connectivity index (χ0) is 22.2. The van der Waals surface area contributed by atoms with Crippen LogP contribution in [-0.2, 0) is 5.41 Å². The summed E-state index contributed by atoms with van der Waals surface area (Å²) in [4.78, 5) is 11.6. The Labute approximate surface area is 178 Å². The molecule has 8 heteroatoms. The van der Waals surface area contributed by atoms with E-state index < -0.39 is 11.6 Å². The van der Waals surface area contributed by atoms with Crippen LogP contribution < -0.4 is 14.8 Å². The number of anilines is 2. The molecule has 0 spiro atoms. The number of nitrogens with one attached hydrogen (secondary N) is 2. The van der Waals surface area contributed by atoms with Gasteiger partial charge in [0.2, 0.25) is 17.7 Å². The lowest BCUT2D eigenvalue weighted by Crippen LogP contribution is -2.12. The maximum Gasteiger partial charge on any atom is 0.246 e. The Hall–Kier alpha value is -3.68. The molecule has 0 saturated carbocycles. The molecule has 0 saturated heterocycles. The predicted octanol–water partition coefficient (Wildman–Crippen LogP) is 6.08. The van der Waals surface area contributed by atoms with E-state index in [2.05, 4.69) is 41.0 Å². The van der Waals surface area contributed by atoms with Crippen LogP contribution in [0.2, 0.25) is 0 Å². The zero-order valence-electron chi connectivity index (χ0n) is 17.6. The minimum absolute atomic E-state index is 0.143. The molecule has 160 valence electrons.